The summed E-state index contributed by atoms with van der Waals surface area (Å²) in [6.07, 6.45) is 24.2. The molecule has 6 saturated carbocycles. The largest absolute Gasteiger partial charge is 0.481 e. The molecule has 6 fully saturated rings. The highest BCUT2D eigenvalue weighted by Crippen LogP contribution is 2.52. The van der Waals surface area contributed by atoms with Crippen LogP contribution in [0.25, 0.3) is 0 Å². The van der Waals surface area contributed by atoms with Gasteiger partial charge in [-0.15, -0.1) is 34.0 Å². The number of fused-ring (bicyclic) bond motifs is 3. The van der Waals surface area contributed by atoms with E-state index in [1.807, 2.05) is 6.92 Å². The number of carbonyl (C=O) groups excluding carboxylic acids is 3. The molecule has 3 aliphatic heterocycles. The monoisotopic (exact) mass is 1460 g/mol. The van der Waals surface area contributed by atoms with Crippen molar-refractivity contribution < 1.29 is 54.4 Å². The van der Waals surface area contributed by atoms with E-state index in [0.717, 1.165) is 212 Å². The van der Waals surface area contributed by atoms with Gasteiger partial charge in [0.1, 0.15) is 18.0 Å². The summed E-state index contributed by atoms with van der Waals surface area (Å²) in [4.78, 5) is 78.5. The van der Waals surface area contributed by atoms with Crippen LogP contribution in [0.5, 0.6) is 5.75 Å². The van der Waals surface area contributed by atoms with Gasteiger partial charge in [-0.3, -0.25) is 29.1 Å². The molecule has 6 aromatic heterocycles. The van der Waals surface area contributed by atoms with Crippen molar-refractivity contribution in [2.45, 2.75) is 261 Å². The average Bonchev–Trinajstić information content (AvgIpc) is 1.70. The van der Waals surface area contributed by atoms with Crippen molar-refractivity contribution in [3.05, 3.63) is 94.5 Å². The molecule has 3 N–H and O–H groups in total. The van der Waals surface area contributed by atoms with Crippen molar-refractivity contribution in [1.82, 2.24) is 70.7 Å². The summed E-state index contributed by atoms with van der Waals surface area (Å²) < 4.78 is 95.1. The number of hydrogen-bond acceptors (Lipinski definition) is 20. The van der Waals surface area contributed by atoms with Gasteiger partial charge in [-0.05, 0) is 167 Å². The molecule has 29 heteroatoms. The topological polar surface area (TPSA) is 236 Å². The van der Waals surface area contributed by atoms with E-state index in [1.54, 1.807) is 66.4 Å². The maximum atomic E-state index is 13.2. The Morgan fingerprint density at radius 1 is 0.515 bits per heavy atom. The van der Waals surface area contributed by atoms with E-state index >= 15 is 0 Å². The van der Waals surface area contributed by atoms with E-state index in [0.29, 0.717) is 46.9 Å². The molecule has 0 bridgehead atoms. The van der Waals surface area contributed by atoms with Crippen molar-refractivity contribution in [3.8, 4) is 5.75 Å². The van der Waals surface area contributed by atoms with Crippen LogP contribution in [0.4, 0.5) is 26.3 Å². The number of halogens is 6. The predicted molar refractivity (Wildman–Crippen MR) is 370 cm³/mol. The van der Waals surface area contributed by atoms with Crippen LogP contribution in [0.3, 0.4) is 0 Å². The van der Waals surface area contributed by atoms with Crippen molar-refractivity contribution in [1.29, 1.82) is 0 Å². The van der Waals surface area contributed by atoms with Crippen molar-refractivity contribution in [2.24, 2.45) is 17.8 Å². The Morgan fingerprint density at radius 2 is 0.901 bits per heavy atom. The van der Waals surface area contributed by atoms with Gasteiger partial charge in [0.25, 0.3) is 5.91 Å². The number of nitrogens with one attached hydrogen (secondary N) is 3. The summed E-state index contributed by atoms with van der Waals surface area (Å²) in [5.41, 5.74) is 3.33. The first-order valence-corrected chi connectivity index (χ1v) is 39.2. The van der Waals surface area contributed by atoms with Gasteiger partial charge in [0, 0.05) is 135 Å². The molecule has 6 aliphatic carbocycles. The molecule has 0 saturated heterocycles. The third kappa shape index (κ3) is 20.5. The summed E-state index contributed by atoms with van der Waals surface area (Å²) in [7, 11) is 0. The fourth-order valence-electron chi connectivity index (χ4n) is 15.9. The number of nitrogens with zero attached hydrogens (tertiary/aromatic N) is 11. The van der Waals surface area contributed by atoms with Gasteiger partial charge in [0.05, 0.1) is 57.1 Å². The first kappa shape index (κ1) is 73.3. The lowest BCUT2D eigenvalue weighted by molar-refractivity contribution is -0.124. The minimum atomic E-state index is -2.49. The zero-order valence-corrected chi connectivity index (χ0v) is 60.7. The standard InChI is InChI=1S/C25H33F2N5O2S.C24H32F2N4O2S.C23H31F2N5O2S/c1-16-28-12-20(13-29-16)34-15-23(33)30-19-4-2-17(3-5-19)6-8-32-9-7-22-21(14-32)31-24(35-22)18-10-25(26,27)11-18;1-15-13-27-22(32-15)10-21(31)28-18-4-2-16(3-5-18)6-8-30-9-7-20-19(14-30)29-23(33-20)17-11-24(25,26)12-17;1-14-26-20(29-32-14)10-21(31)27-17-4-2-15(3-5-17)6-8-30-9-7-19-18(13-30)28-22(33-19)16-11-23(24,25)12-16/h12-13,17-19H,2-11,14-15H2,1H3,(H,30,33);13,16-18H,2-12,14H2,1H3,(H,28,31);15-17H,2-13H2,1H3,(H,27,31). The molecule has 9 aliphatic rings. The number of oxazole rings is 1. The number of ether oxygens (including phenoxy) is 1. The minimum absolute atomic E-state index is 0.0160. The minimum Gasteiger partial charge on any atom is -0.481 e. The van der Waals surface area contributed by atoms with Crippen LogP contribution in [0.1, 0.15) is 229 Å². The highest BCUT2D eigenvalue weighted by atomic mass is 32.1. The number of rotatable bonds is 22. The normalized spacial score (nSPS) is 25.1. The van der Waals surface area contributed by atoms with E-state index in [2.05, 4.69) is 55.7 Å². The SMILES string of the molecule is Cc1cnc(CC(=O)NC2CCC(CCN3CCc4sc(C5CC(F)(F)C5)nc4C3)CC2)o1.Cc1nc(CC(=O)NC2CCC(CCN3CCc4sc(C5CC(F)(F)C5)nc4C3)CC2)no1.Cc1ncc(OCC(=O)NC2CCC(CCN3CCc4sc(C5CC(F)(F)C5)nc4C3)CC2)cn1. The van der Waals surface area contributed by atoms with Crippen molar-refractivity contribution >= 4 is 51.7 Å². The molecule has 20 nitrogen and oxygen atoms in total. The first-order chi connectivity index (χ1) is 48.5. The number of aryl methyl sites for hydroxylation is 3. The Morgan fingerprint density at radius 3 is 1.26 bits per heavy atom. The van der Waals surface area contributed by atoms with E-state index in [-0.39, 0.29) is 112 Å². The quantitative estimate of drug-likeness (QED) is 0.0536. The highest BCUT2D eigenvalue weighted by molar-refractivity contribution is 7.12. The van der Waals surface area contributed by atoms with Gasteiger partial charge in [-0.2, -0.15) is 4.98 Å². The molecule has 9 heterocycles. The lowest BCUT2D eigenvalue weighted by Gasteiger charge is -2.33. The lowest BCUT2D eigenvalue weighted by Crippen LogP contribution is -2.40. The van der Waals surface area contributed by atoms with Gasteiger partial charge in [0.2, 0.25) is 41.4 Å². The highest BCUT2D eigenvalue weighted by Gasteiger charge is 2.50. The molecule has 550 valence electrons. The second kappa shape index (κ2) is 32.6. The first-order valence-electron chi connectivity index (χ1n) is 36.7. The average molecular weight is 1460 g/mol. The number of amides is 3. The third-order valence-electron chi connectivity index (χ3n) is 22.0. The predicted octanol–water partition coefficient (Wildman–Crippen LogP) is 12.9. The number of aromatic nitrogens is 8. The Labute approximate surface area is 598 Å². The summed E-state index contributed by atoms with van der Waals surface area (Å²) in [6.45, 7) is 14.1. The fourth-order valence-corrected chi connectivity index (χ4v) is 19.4. The summed E-state index contributed by atoms with van der Waals surface area (Å²) >= 11 is 4.97. The fraction of sp³-hybridized carbons (Fsp3) is 0.708. The number of hydrogen-bond donors (Lipinski definition) is 3. The van der Waals surface area contributed by atoms with Gasteiger partial charge in [0.15, 0.2) is 18.2 Å². The van der Waals surface area contributed by atoms with Crippen molar-refractivity contribution in [2.75, 3.05) is 45.9 Å². The Kier molecular flexibility index (Phi) is 23.6. The zero-order valence-electron chi connectivity index (χ0n) is 58.2. The summed E-state index contributed by atoms with van der Waals surface area (Å²) in [5.74, 6) is -2.45. The molecule has 0 atom stereocenters. The van der Waals surface area contributed by atoms with Gasteiger partial charge >= 0.3 is 0 Å². The van der Waals surface area contributed by atoms with Gasteiger partial charge < -0.3 is 29.6 Å². The smallest absolute Gasteiger partial charge is 0.258 e. The Balaban J connectivity index is 0.000000136. The molecule has 15 rings (SSSR count). The lowest BCUT2D eigenvalue weighted by atomic mass is 9.82. The molecule has 0 unspecified atom stereocenters. The Bertz CT molecular complexity index is 3570. The van der Waals surface area contributed by atoms with E-state index < -0.39 is 17.8 Å². The molecule has 3 amide bonds. The zero-order chi connectivity index (χ0) is 70.4. The number of thiazole rings is 3. The maximum Gasteiger partial charge on any atom is 0.258 e. The molecule has 0 aromatic carbocycles. The van der Waals surface area contributed by atoms with Gasteiger partial charge in [-0.25, -0.2) is 56.2 Å². The molecular formula is C72H96F6N14O6S3. The van der Waals surface area contributed by atoms with Crippen LogP contribution in [0.15, 0.2) is 27.5 Å². The second-order valence-electron chi connectivity index (χ2n) is 30.2. The molecular weight excluding hydrogens is 1370 g/mol. The molecule has 0 radical (unpaired) electrons. The Hall–Kier alpha value is -6.01. The van der Waals surface area contributed by atoms with Crippen LogP contribution in [0, 0.1) is 38.5 Å². The van der Waals surface area contributed by atoms with Crippen LogP contribution in [-0.2, 0) is 66.1 Å². The third-order valence-corrected chi connectivity index (χ3v) is 25.9. The van der Waals surface area contributed by atoms with Crippen LogP contribution < -0.4 is 20.7 Å². The summed E-state index contributed by atoms with van der Waals surface area (Å²) in [6, 6.07) is 0.683. The number of carbonyl (C=O) groups is 3. The summed E-state index contributed by atoms with van der Waals surface area (Å²) in [5, 5.41) is 15.9. The maximum absolute atomic E-state index is 13.2. The molecule has 0 spiro atoms. The van der Waals surface area contributed by atoms with Crippen molar-refractivity contribution in [3.63, 3.8) is 0 Å². The second-order valence-corrected chi connectivity index (χ2v) is 33.5. The molecule has 101 heavy (non-hydrogen) atoms. The van der Waals surface area contributed by atoms with E-state index in [4.69, 9.17) is 28.6 Å². The van der Waals surface area contributed by atoms with Gasteiger partial charge in [-0.1, -0.05) is 5.16 Å². The van der Waals surface area contributed by atoms with Crippen LogP contribution in [-0.4, -0.2) is 154 Å². The number of alkyl halides is 6. The van der Waals surface area contributed by atoms with E-state index in [9.17, 15) is 40.7 Å². The van der Waals surface area contributed by atoms with Crippen LogP contribution >= 0.6 is 34.0 Å². The molecule has 6 aromatic rings. The van der Waals surface area contributed by atoms with E-state index in [1.165, 1.54) is 14.6 Å². The van der Waals surface area contributed by atoms with Crippen LogP contribution in [0.2, 0.25) is 0 Å².